The maximum atomic E-state index is 12.3. The fourth-order valence-corrected chi connectivity index (χ4v) is 2.97. The molecule has 1 N–H and O–H groups in total. The Hall–Kier alpha value is -1.32. The molecule has 0 bridgehead atoms. The number of halogens is 2. The van der Waals surface area contributed by atoms with Crippen LogP contribution in [0.4, 0.5) is 0 Å². The van der Waals surface area contributed by atoms with E-state index in [1.54, 1.807) is 0 Å². The molecule has 1 amide bonds. The second-order valence-electron chi connectivity index (χ2n) is 5.00. The van der Waals surface area contributed by atoms with E-state index in [2.05, 4.69) is 21.2 Å². The van der Waals surface area contributed by atoms with Gasteiger partial charge in [0, 0.05) is 16.4 Å². The quantitative estimate of drug-likeness (QED) is 0.784. The van der Waals surface area contributed by atoms with E-state index in [1.165, 1.54) is 0 Å². The molecule has 0 aromatic heterocycles. The first-order valence-corrected chi connectivity index (χ1v) is 8.10. The lowest BCUT2D eigenvalue weighted by molar-refractivity contribution is 0.0940. The van der Waals surface area contributed by atoms with E-state index in [4.69, 9.17) is 11.6 Å². The summed E-state index contributed by atoms with van der Waals surface area (Å²) in [5.41, 5.74) is 2.90. The van der Waals surface area contributed by atoms with Gasteiger partial charge < -0.3 is 5.32 Å². The number of amides is 1. The van der Waals surface area contributed by atoms with E-state index in [0.29, 0.717) is 11.4 Å². The van der Waals surface area contributed by atoms with Crippen LogP contribution in [0, 0.1) is 6.92 Å². The van der Waals surface area contributed by atoms with E-state index < -0.39 is 0 Å². The molecule has 0 aliphatic carbocycles. The van der Waals surface area contributed by atoms with Crippen molar-refractivity contribution in [2.45, 2.75) is 19.4 Å². The molecule has 2 aromatic rings. The molecule has 0 fully saturated rings. The Kier molecular flexibility index (Phi) is 5.83. The van der Waals surface area contributed by atoms with Crippen LogP contribution in [0.5, 0.6) is 0 Å². The minimum absolute atomic E-state index is 0.0882. The lowest BCUT2D eigenvalue weighted by atomic mass is 10.1. The van der Waals surface area contributed by atoms with Gasteiger partial charge in [-0.3, -0.25) is 4.79 Å². The molecule has 2 aromatic carbocycles. The van der Waals surface area contributed by atoms with Gasteiger partial charge in [-0.25, -0.2) is 0 Å². The fraction of sp³-hybridized carbons (Fsp3) is 0.235. The van der Waals surface area contributed by atoms with Crippen LogP contribution in [0.1, 0.15) is 21.5 Å². The molecule has 110 valence electrons. The maximum Gasteiger partial charge on any atom is 0.252 e. The summed E-state index contributed by atoms with van der Waals surface area (Å²) in [5, 5.41) is 2.99. The van der Waals surface area contributed by atoms with Crippen molar-refractivity contribution in [1.82, 2.24) is 5.32 Å². The van der Waals surface area contributed by atoms with E-state index in [-0.39, 0.29) is 11.9 Å². The van der Waals surface area contributed by atoms with Crippen LogP contribution in [0.25, 0.3) is 0 Å². The molecule has 0 saturated carbocycles. The number of nitrogens with one attached hydrogen (secondary N) is 1. The molecular weight excluding hydrogens is 350 g/mol. The van der Waals surface area contributed by atoms with Gasteiger partial charge in [0.05, 0.1) is 5.56 Å². The van der Waals surface area contributed by atoms with Gasteiger partial charge >= 0.3 is 0 Å². The summed E-state index contributed by atoms with van der Waals surface area (Å²) in [6.45, 7) is 1.99. The molecule has 0 spiro atoms. The Labute approximate surface area is 138 Å². The molecule has 0 saturated heterocycles. The minimum Gasteiger partial charge on any atom is -0.348 e. The van der Waals surface area contributed by atoms with Crippen molar-refractivity contribution in [3.63, 3.8) is 0 Å². The lowest BCUT2D eigenvalue weighted by Gasteiger charge is -2.17. The third-order valence-corrected chi connectivity index (χ3v) is 4.24. The summed E-state index contributed by atoms with van der Waals surface area (Å²) in [6, 6.07) is 15.6. The standard InChI is InChI=1S/C17H17BrClNO/c1-12-7-8-15(16(18)9-12)17(21)20-14(11-19)10-13-5-3-2-4-6-13/h2-9,14H,10-11H2,1H3,(H,20,21). The van der Waals surface area contributed by atoms with Crippen LogP contribution < -0.4 is 5.32 Å². The number of benzene rings is 2. The van der Waals surface area contributed by atoms with Gasteiger partial charge in [0.2, 0.25) is 0 Å². The van der Waals surface area contributed by atoms with Crippen molar-refractivity contribution >= 4 is 33.4 Å². The van der Waals surface area contributed by atoms with Gasteiger partial charge in [-0.15, -0.1) is 11.6 Å². The van der Waals surface area contributed by atoms with Crippen LogP contribution in [0.15, 0.2) is 53.0 Å². The van der Waals surface area contributed by atoms with E-state index in [1.807, 2.05) is 55.5 Å². The third kappa shape index (κ3) is 4.58. The highest BCUT2D eigenvalue weighted by Crippen LogP contribution is 2.18. The average Bonchev–Trinajstić information content (AvgIpc) is 2.47. The van der Waals surface area contributed by atoms with Crippen molar-refractivity contribution in [3.8, 4) is 0 Å². The van der Waals surface area contributed by atoms with Crippen LogP contribution in [0.3, 0.4) is 0 Å². The molecule has 1 unspecified atom stereocenters. The lowest BCUT2D eigenvalue weighted by Crippen LogP contribution is -2.38. The topological polar surface area (TPSA) is 29.1 Å². The Morgan fingerprint density at radius 2 is 1.95 bits per heavy atom. The number of hydrogen-bond acceptors (Lipinski definition) is 1. The van der Waals surface area contributed by atoms with Gasteiger partial charge in [-0.05, 0) is 52.5 Å². The zero-order valence-corrected chi connectivity index (χ0v) is 14.1. The normalized spacial score (nSPS) is 12.0. The van der Waals surface area contributed by atoms with Gasteiger partial charge in [0.25, 0.3) is 5.91 Å². The van der Waals surface area contributed by atoms with E-state index in [0.717, 1.165) is 22.0 Å². The Bertz CT molecular complexity index is 615. The Morgan fingerprint density at radius 1 is 1.24 bits per heavy atom. The summed E-state index contributed by atoms with van der Waals surface area (Å²) in [6.07, 6.45) is 0.722. The highest BCUT2D eigenvalue weighted by molar-refractivity contribution is 9.10. The summed E-state index contributed by atoms with van der Waals surface area (Å²) in [5.74, 6) is 0.271. The minimum atomic E-state index is -0.108. The first-order valence-electron chi connectivity index (χ1n) is 6.77. The molecule has 1 atom stereocenters. The number of aryl methyl sites for hydroxylation is 1. The average molecular weight is 367 g/mol. The van der Waals surface area contributed by atoms with Crippen LogP contribution >= 0.6 is 27.5 Å². The van der Waals surface area contributed by atoms with Crippen molar-refractivity contribution < 1.29 is 4.79 Å². The van der Waals surface area contributed by atoms with E-state index >= 15 is 0 Å². The number of hydrogen-bond donors (Lipinski definition) is 1. The van der Waals surface area contributed by atoms with E-state index in [9.17, 15) is 4.79 Å². The monoisotopic (exact) mass is 365 g/mol. The first-order chi connectivity index (χ1) is 10.1. The van der Waals surface area contributed by atoms with Crippen molar-refractivity contribution in [1.29, 1.82) is 0 Å². The zero-order chi connectivity index (χ0) is 15.2. The smallest absolute Gasteiger partial charge is 0.252 e. The Morgan fingerprint density at radius 3 is 2.57 bits per heavy atom. The predicted octanol–water partition coefficient (Wildman–Crippen LogP) is 4.34. The molecule has 0 aliphatic heterocycles. The molecule has 2 rings (SSSR count). The summed E-state index contributed by atoms with van der Waals surface area (Å²) in [7, 11) is 0. The van der Waals surface area contributed by atoms with Crippen molar-refractivity contribution in [3.05, 3.63) is 69.7 Å². The summed E-state index contributed by atoms with van der Waals surface area (Å²) < 4.78 is 0.799. The van der Waals surface area contributed by atoms with Crippen LogP contribution in [-0.4, -0.2) is 17.8 Å². The van der Waals surface area contributed by atoms with Gasteiger partial charge in [0.1, 0.15) is 0 Å². The second kappa shape index (κ2) is 7.62. The van der Waals surface area contributed by atoms with Crippen molar-refractivity contribution in [2.24, 2.45) is 0 Å². The van der Waals surface area contributed by atoms with Crippen molar-refractivity contribution in [2.75, 3.05) is 5.88 Å². The molecular formula is C17H17BrClNO. The van der Waals surface area contributed by atoms with Crippen LogP contribution in [0.2, 0.25) is 0 Å². The largest absolute Gasteiger partial charge is 0.348 e. The number of alkyl halides is 1. The molecule has 2 nitrogen and oxygen atoms in total. The number of rotatable bonds is 5. The highest BCUT2D eigenvalue weighted by atomic mass is 79.9. The molecule has 0 radical (unpaired) electrons. The number of carbonyl (C=O) groups is 1. The highest BCUT2D eigenvalue weighted by Gasteiger charge is 2.15. The predicted molar refractivity (Wildman–Crippen MR) is 91.0 cm³/mol. The Balaban J connectivity index is 2.06. The maximum absolute atomic E-state index is 12.3. The van der Waals surface area contributed by atoms with Gasteiger partial charge in [-0.1, -0.05) is 36.4 Å². The molecule has 21 heavy (non-hydrogen) atoms. The van der Waals surface area contributed by atoms with Gasteiger partial charge in [-0.2, -0.15) is 0 Å². The molecule has 4 heteroatoms. The zero-order valence-electron chi connectivity index (χ0n) is 11.8. The molecule has 0 heterocycles. The van der Waals surface area contributed by atoms with Gasteiger partial charge in [0.15, 0.2) is 0 Å². The summed E-state index contributed by atoms with van der Waals surface area (Å²) >= 11 is 9.42. The number of carbonyl (C=O) groups excluding carboxylic acids is 1. The second-order valence-corrected chi connectivity index (χ2v) is 6.16. The SMILES string of the molecule is Cc1ccc(C(=O)NC(CCl)Cc2ccccc2)c(Br)c1. The third-order valence-electron chi connectivity index (χ3n) is 3.22. The summed E-state index contributed by atoms with van der Waals surface area (Å²) in [4.78, 5) is 12.3. The molecule has 0 aliphatic rings. The first kappa shape index (κ1) is 16.1. The van der Waals surface area contributed by atoms with Crippen LogP contribution in [-0.2, 0) is 6.42 Å². The fourth-order valence-electron chi connectivity index (χ4n) is 2.11.